The summed E-state index contributed by atoms with van der Waals surface area (Å²) in [5.74, 6) is 1.42. The maximum Gasteiger partial charge on any atom is 0.249 e. The second kappa shape index (κ2) is 8.87. The van der Waals surface area contributed by atoms with Gasteiger partial charge in [-0.05, 0) is 36.4 Å². The lowest BCUT2D eigenvalue weighted by Crippen LogP contribution is -2.16. The number of amides is 1. The van der Waals surface area contributed by atoms with Crippen molar-refractivity contribution in [3.05, 3.63) is 66.0 Å². The van der Waals surface area contributed by atoms with E-state index in [-0.39, 0.29) is 5.91 Å². The number of aromatic nitrogens is 1. The number of fused-ring (bicyclic) bond motifs is 1. The van der Waals surface area contributed by atoms with E-state index in [0.29, 0.717) is 18.7 Å². The standard InChI is InChI=1S/C20H20N2O2S2/c1-3-13-22-17-6-4-5-7-18(17)26-20(22)21-19(23)12-14-25-16-10-8-15(24-2)9-11-16/h3-11H,1,12-14H2,2H3. The Morgan fingerprint density at radius 2 is 2.04 bits per heavy atom. The van der Waals surface area contributed by atoms with Crippen molar-refractivity contribution in [2.75, 3.05) is 12.9 Å². The molecule has 134 valence electrons. The van der Waals surface area contributed by atoms with E-state index < -0.39 is 0 Å². The molecule has 3 aromatic rings. The molecule has 4 nitrogen and oxygen atoms in total. The zero-order chi connectivity index (χ0) is 18.4. The molecule has 0 bridgehead atoms. The highest BCUT2D eigenvalue weighted by molar-refractivity contribution is 7.99. The molecule has 0 spiro atoms. The Morgan fingerprint density at radius 1 is 1.27 bits per heavy atom. The van der Waals surface area contributed by atoms with Crippen LogP contribution in [0.5, 0.6) is 5.75 Å². The zero-order valence-corrected chi connectivity index (χ0v) is 16.2. The van der Waals surface area contributed by atoms with Crippen molar-refractivity contribution < 1.29 is 9.53 Å². The SMILES string of the molecule is C=CCn1c(=NC(=O)CCSc2ccc(OC)cc2)sc2ccccc21. The van der Waals surface area contributed by atoms with Gasteiger partial charge in [0.1, 0.15) is 5.75 Å². The maximum atomic E-state index is 12.3. The molecular weight excluding hydrogens is 364 g/mol. The summed E-state index contributed by atoms with van der Waals surface area (Å²) in [6.07, 6.45) is 2.22. The number of carbonyl (C=O) groups excluding carboxylic acids is 1. The Morgan fingerprint density at radius 3 is 2.77 bits per heavy atom. The maximum absolute atomic E-state index is 12.3. The molecular formula is C20H20N2O2S2. The normalized spacial score (nSPS) is 11.7. The number of hydrogen-bond acceptors (Lipinski definition) is 4. The van der Waals surface area contributed by atoms with E-state index in [4.69, 9.17) is 4.74 Å². The van der Waals surface area contributed by atoms with E-state index in [1.54, 1.807) is 18.9 Å². The molecule has 0 N–H and O–H groups in total. The van der Waals surface area contributed by atoms with Crippen molar-refractivity contribution in [2.24, 2.45) is 4.99 Å². The molecule has 0 saturated carbocycles. The third kappa shape index (κ3) is 4.45. The van der Waals surface area contributed by atoms with Crippen molar-refractivity contribution in [1.82, 2.24) is 4.57 Å². The summed E-state index contributed by atoms with van der Waals surface area (Å²) in [6, 6.07) is 15.9. The van der Waals surface area contributed by atoms with Crippen molar-refractivity contribution in [3.8, 4) is 5.75 Å². The molecule has 6 heteroatoms. The smallest absolute Gasteiger partial charge is 0.249 e. The van der Waals surface area contributed by atoms with E-state index in [1.807, 2.05) is 59.2 Å². The summed E-state index contributed by atoms with van der Waals surface area (Å²) in [5.41, 5.74) is 1.08. The Kier molecular flexibility index (Phi) is 6.30. The lowest BCUT2D eigenvalue weighted by Gasteiger charge is -2.02. The van der Waals surface area contributed by atoms with Gasteiger partial charge >= 0.3 is 0 Å². The molecule has 2 aromatic carbocycles. The first-order valence-electron chi connectivity index (χ1n) is 8.25. The van der Waals surface area contributed by atoms with Crippen LogP contribution in [0.3, 0.4) is 0 Å². The largest absolute Gasteiger partial charge is 0.497 e. The van der Waals surface area contributed by atoms with Crippen molar-refractivity contribution >= 4 is 39.2 Å². The van der Waals surface area contributed by atoms with Gasteiger partial charge in [-0.15, -0.1) is 18.3 Å². The van der Waals surface area contributed by atoms with Gasteiger partial charge in [0.2, 0.25) is 5.91 Å². The number of carbonyl (C=O) groups is 1. The third-order valence-corrected chi connectivity index (χ3v) is 5.84. The van der Waals surface area contributed by atoms with Gasteiger partial charge in [-0.2, -0.15) is 4.99 Å². The minimum atomic E-state index is -0.101. The molecule has 1 amide bonds. The van der Waals surface area contributed by atoms with Gasteiger partial charge in [-0.1, -0.05) is 29.5 Å². The van der Waals surface area contributed by atoms with Gasteiger partial charge in [0, 0.05) is 23.6 Å². The fourth-order valence-electron chi connectivity index (χ4n) is 2.50. The summed E-state index contributed by atoms with van der Waals surface area (Å²) < 4.78 is 8.30. The van der Waals surface area contributed by atoms with E-state index >= 15 is 0 Å². The van der Waals surface area contributed by atoms with Crippen LogP contribution in [0.2, 0.25) is 0 Å². The average Bonchev–Trinajstić information content (AvgIpc) is 3.00. The van der Waals surface area contributed by atoms with E-state index in [1.165, 1.54) is 11.3 Å². The molecule has 0 radical (unpaired) electrons. The average molecular weight is 385 g/mol. The fraction of sp³-hybridized carbons (Fsp3) is 0.200. The molecule has 0 aliphatic carbocycles. The highest BCUT2D eigenvalue weighted by Crippen LogP contribution is 2.22. The second-order valence-corrected chi connectivity index (χ2v) is 7.71. The van der Waals surface area contributed by atoms with Gasteiger partial charge in [-0.25, -0.2) is 0 Å². The molecule has 0 aliphatic heterocycles. The number of para-hydroxylation sites is 1. The van der Waals surface area contributed by atoms with Crippen LogP contribution >= 0.6 is 23.1 Å². The number of rotatable bonds is 7. The number of ether oxygens (including phenoxy) is 1. The molecule has 1 aromatic heterocycles. The Hall–Kier alpha value is -2.31. The quantitative estimate of drug-likeness (QED) is 0.445. The van der Waals surface area contributed by atoms with Crippen LogP contribution in [0.25, 0.3) is 10.2 Å². The van der Waals surface area contributed by atoms with Crippen LogP contribution in [0.1, 0.15) is 6.42 Å². The number of allylic oxidation sites excluding steroid dienone is 1. The second-order valence-electron chi connectivity index (χ2n) is 5.53. The Bertz CT molecular complexity index is 971. The van der Waals surface area contributed by atoms with Crippen LogP contribution in [-0.2, 0) is 11.3 Å². The van der Waals surface area contributed by atoms with E-state index in [0.717, 1.165) is 25.7 Å². The van der Waals surface area contributed by atoms with Crippen molar-refractivity contribution in [1.29, 1.82) is 0 Å². The number of nitrogens with zero attached hydrogens (tertiary/aromatic N) is 2. The van der Waals surface area contributed by atoms with Gasteiger partial charge in [0.05, 0.1) is 17.3 Å². The summed E-state index contributed by atoms with van der Waals surface area (Å²) >= 11 is 3.18. The highest BCUT2D eigenvalue weighted by Gasteiger charge is 2.07. The molecule has 0 aliphatic rings. The predicted molar refractivity (Wildman–Crippen MR) is 109 cm³/mol. The molecule has 0 unspecified atom stereocenters. The topological polar surface area (TPSA) is 43.6 Å². The number of hydrogen-bond donors (Lipinski definition) is 0. The molecule has 1 heterocycles. The molecule has 0 saturated heterocycles. The lowest BCUT2D eigenvalue weighted by molar-refractivity contribution is -0.117. The lowest BCUT2D eigenvalue weighted by atomic mass is 10.3. The number of methoxy groups -OCH3 is 1. The molecule has 26 heavy (non-hydrogen) atoms. The van der Waals surface area contributed by atoms with Gasteiger partial charge in [0.25, 0.3) is 0 Å². The van der Waals surface area contributed by atoms with E-state index in [2.05, 4.69) is 11.6 Å². The predicted octanol–water partition coefficient (Wildman–Crippen LogP) is 4.51. The van der Waals surface area contributed by atoms with Crippen molar-refractivity contribution in [2.45, 2.75) is 17.9 Å². The van der Waals surface area contributed by atoms with Crippen LogP contribution in [-0.4, -0.2) is 23.3 Å². The summed E-state index contributed by atoms with van der Waals surface area (Å²) in [5, 5.41) is 0. The van der Waals surface area contributed by atoms with E-state index in [9.17, 15) is 4.79 Å². The first-order valence-corrected chi connectivity index (χ1v) is 10.0. The fourth-order valence-corrected chi connectivity index (χ4v) is 4.40. The minimum Gasteiger partial charge on any atom is -0.497 e. The summed E-state index contributed by atoms with van der Waals surface area (Å²) in [6.45, 7) is 4.44. The first-order chi connectivity index (χ1) is 12.7. The number of thiazole rings is 1. The Labute approximate surface area is 160 Å². The van der Waals surface area contributed by atoms with Gasteiger partial charge in [-0.3, -0.25) is 4.79 Å². The first kappa shape index (κ1) is 18.5. The van der Waals surface area contributed by atoms with Crippen LogP contribution < -0.4 is 9.54 Å². The third-order valence-electron chi connectivity index (χ3n) is 3.76. The monoisotopic (exact) mass is 384 g/mol. The Balaban J connectivity index is 1.69. The minimum absolute atomic E-state index is 0.101. The van der Waals surface area contributed by atoms with Crippen LogP contribution in [0.4, 0.5) is 0 Å². The molecule has 0 atom stereocenters. The number of benzene rings is 2. The van der Waals surface area contributed by atoms with Gasteiger partial charge in [0.15, 0.2) is 4.80 Å². The highest BCUT2D eigenvalue weighted by atomic mass is 32.2. The molecule has 0 fully saturated rings. The molecule has 3 rings (SSSR count). The van der Waals surface area contributed by atoms with Crippen molar-refractivity contribution in [3.63, 3.8) is 0 Å². The van der Waals surface area contributed by atoms with Crippen LogP contribution in [0.15, 0.2) is 71.1 Å². The summed E-state index contributed by atoms with van der Waals surface area (Å²) in [7, 11) is 1.65. The summed E-state index contributed by atoms with van der Waals surface area (Å²) in [4.78, 5) is 18.5. The number of thioether (sulfide) groups is 1. The van der Waals surface area contributed by atoms with Gasteiger partial charge < -0.3 is 9.30 Å². The van der Waals surface area contributed by atoms with Crippen LogP contribution in [0, 0.1) is 0 Å². The zero-order valence-electron chi connectivity index (χ0n) is 14.6.